The van der Waals surface area contributed by atoms with Gasteiger partial charge in [0.1, 0.15) is 5.65 Å². The first kappa shape index (κ1) is 11.0. The van der Waals surface area contributed by atoms with Gasteiger partial charge >= 0.3 is 0 Å². The minimum Gasteiger partial charge on any atom is -0.482 e. The van der Waals surface area contributed by atoms with Crippen molar-refractivity contribution in [1.29, 1.82) is 0 Å². The number of nitrogens with zero attached hydrogens (tertiary/aromatic N) is 2. The zero-order valence-corrected chi connectivity index (χ0v) is 9.64. The van der Waals surface area contributed by atoms with Gasteiger partial charge in [0, 0.05) is 19.9 Å². The van der Waals surface area contributed by atoms with Gasteiger partial charge < -0.3 is 9.47 Å². The van der Waals surface area contributed by atoms with Gasteiger partial charge in [-0.25, -0.2) is 4.98 Å². The third-order valence-corrected chi connectivity index (χ3v) is 2.50. The van der Waals surface area contributed by atoms with Crippen LogP contribution in [-0.2, 0) is 11.2 Å². The standard InChI is InChI=1S/C12H16N2O2/c1-15-8-4-5-10-9-14-11(13-10)6-3-7-12(14)16-2/h3,6-7,9H,4-5,8H2,1-2H3. The monoisotopic (exact) mass is 220 g/mol. The van der Waals surface area contributed by atoms with Gasteiger partial charge in [0.15, 0.2) is 5.88 Å². The van der Waals surface area contributed by atoms with Crippen LogP contribution in [0.2, 0.25) is 0 Å². The van der Waals surface area contributed by atoms with Crippen LogP contribution in [0.15, 0.2) is 24.4 Å². The number of aryl methyl sites for hydroxylation is 1. The van der Waals surface area contributed by atoms with E-state index in [0.717, 1.165) is 36.7 Å². The number of hydrogen-bond acceptors (Lipinski definition) is 3. The molecule has 0 spiro atoms. The van der Waals surface area contributed by atoms with Crippen LogP contribution in [0.1, 0.15) is 12.1 Å². The Morgan fingerprint density at radius 3 is 2.94 bits per heavy atom. The summed E-state index contributed by atoms with van der Waals surface area (Å²) in [5.74, 6) is 0.808. The summed E-state index contributed by atoms with van der Waals surface area (Å²) < 4.78 is 12.2. The maximum Gasteiger partial charge on any atom is 0.198 e. The second kappa shape index (κ2) is 4.99. The zero-order chi connectivity index (χ0) is 11.4. The number of fused-ring (bicyclic) bond motifs is 1. The summed E-state index contributed by atoms with van der Waals surface area (Å²) in [6.45, 7) is 0.769. The summed E-state index contributed by atoms with van der Waals surface area (Å²) >= 11 is 0. The van der Waals surface area contributed by atoms with Crippen LogP contribution in [0.25, 0.3) is 5.65 Å². The van der Waals surface area contributed by atoms with Gasteiger partial charge in [-0.15, -0.1) is 0 Å². The lowest BCUT2D eigenvalue weighted by atomic mass is 10.3. The molecule has 0 aromatic carbocycles. The number of aromatic nitrogens is 2. The van der Waals surface area contributed by atoms with Gasteiger partial charge in [0.05, 0.1) is 12.8 Å². The molecule has 0 bridgehead atoms. The summed E-state index contributed by atoms with van der Waals surface area (Å²) in [4.78, 5) is 4.52. The van der Waals surface area contributed by atoms with Crippen LogP contribution >= 0.6 is 0 Å². The fourth-order valence-electron chi connectivity index (χ4n) is 1.72. The number of ether oxygens (including phenoxy) is 2. The van der Waals surface area contributed by atoms with Gasteiger partial charge in [0.25, 0.3) is 0 Å². The molecule has 86 valence electrons. The van der Waals surface area contributed by atoms with Crippen molar-refractivity contribution in [2.24, 2.45) is 0 Å². The molecule has 2 heterocycles. The highest BCUT2D eigenvalue weighted by molar-refractivity contribution is 5.43. The lowest BCUT2D eigenvalue weighted by Gasteiger charge is -2.01. The predicted molar refractivity (Wildman–Crippen MR) is 61.9 cm³/mol. The van der Waals surface area contributed by atoms with Crippen LogP contribution in [-0.4, -0.2) is 30.2 Å². The molecule has 0 unspecified atom stereocenters. The van der Waals surface area contributed by atoms with E-state index in [4.69, 9.17) is 9.47 Å². The average molecular weight is 220 g/mol. The summed E-state index contributed by atoms with van der Waals surface area (Å²) in [6, 6.07) is 5.84. The van der Waals surface area contributed by atoms with Crippen LogP contribution < -0.4 is 4.74 Å². The first-order valence-electron chi connectivity index (χ1n) is 5.35. The van der Waals surface area contributed by atoms with E-state index in [1.54, 1.807) is 14.2 Å². The maximum atomic E-state index is 5.26. The Morgan fingerprint density at radius 1 is 1.31 bits per heavy atom. The van der Waals surface area contributed by atoms with Crippen LogP contribution in [0, 0.1) is 0 Å². The molecule has 16 heavy (non-hydrogen) atoms. The second-order valence-electron chi connectivity index (χ2n) is 3.62. The quantitative estimate of drug-likeness (QED) is 0.722. The molecule has 0 amide bonds. The molecular formula is C12H16N2O2. The van der Waals surface area contributed by atoms with Crippen molar-refractivity contribution in [2.75, 3.05) is 20.8 Å². The molecule has 0 saturated carbocycles. The molecule has 2 aromatic rings. The fourth-order valence-corrected chi connectivity index (χ4v) is 1.72. The number of hydrogen-bond donors (Lipinski definition) is 0. The smallest absolute Gasteiger partial charge is 0.198 e. The topological polar surface area (TPSA) is 35.8 Å². The second-order valence-corrected chi connectivity index (χ2v) is 3.62. The third-order valence-electron chi connectivity index (χ3n) is 2.50. The van der Waals surface area contributed by atoms with E-state index < -0.39 is 0 Å². The van der Waals surface area contributed by atoms with Gasteiger partial charge in [0.2, 0.25) is 0 Å². The molecule has 0 aliphatic heterocycles. The van der Waals surface area contributed by atoms with E-state index in [2.05, 4.69) is 4.98 Å². The highest BCUT2D eigenvalue weighted by atomic mass is 16.5. The van der Waals surface area contributed by atoms with Crippen molar-refractivity contribution in [3.05, 3.63) is 30.1 Å². The molecular weight excluding hydrogens is 204 g/mol. The van der Waals surface area contributed by atoms with E-state index in [-0.39, 0.29) is 0 Å². The summed E-state index contributed by atoms with van der Waals surface area (Å²) in [6.07, 6.45) is 3.94. The van der Waals surface area contributed by atoms with Crippen molar-refractivity contribution >= 4 is 5.65 Å². The first-order valence-corrected chi connectivity index (χ1v) is 5.35. The number of methoxy groups -OCH3 is 2. The van der Waals surface area contributed by atoms with E-state index >= 15 is 0 Å². The van der Waals surface area contributed by atoms with E-state index in [9.17, 15) is 0 Å². The Bertz CT molecular complexity index is 465. The SMILES string of the molecule is COCCCc1cn2c(OC)cccc2n1. The minimum atomic E-state index is 0.769. The van der Waals surface area contributed by atoms with Crippen molar-refractivity contribution in [2.45, 2.75) is 12.8 Å². The molecule has 4 heteroatoms. The van der Waals surface area contributed by atoms with E-state index in [0.29, 0.717) is 0 Å². The van der Waals surface area contributed by atoms with Crippen molar-refractivity contribution < 1.29 is 9.47 Å². The van der Waals surface area contributed by atoms with Crippen molar-refractivity contribution in [3.8, 4) is 5.88 Å². The molecule has 0 atom stereocenters. The number of imidazole rings is 1. The minimum absolute atomic E-state index is 0.769. The Hall–Kier alpha value is -1.55. The molecule has 2 rings (SSSR count). The first-order chi connectivity index (χ1) is 7.85. The number of pyridine rings is 1. The van der Waals surface area contributed by atoms with Crippen molar-refractivity contribution in [1.82, 2.24) is 9.38 Å². The highest BCUT2D eigenvalue weighted by Gasteiger charge is 2.04. The third kappa shape index (κ3) is 2.17. The normalized spacial score (nSPS) is 10.9. The largest absolute Gasteiger partial charge is 0.482 e. The predicted octanol–water partition coefficient (Wildman–Crippen LogP) is 1.92. The summed E-state index contributed by atoms with van der Waals surface area (Å²) in [7, 11) is 3.38. The van der Waals surface area contributed by atoms with E-state index in [1.165, 1.54) is 0 Å². The van der Waals surface area contributed by atoms with Crippen LogP contribution in [0.5, 0.6) is 5.88 Å². The van der Waals surface area contributed by atoms with Crippen molar-refractivity contribution in [3.63, 3.8) is 0 Å². The summed E-state index contributed by atoms with van der Waals surface area (Å²) in [5, 5.41) is 0. The maximum absolute atomic E-state index is 5.26. The Morgan fingerprint density at radius 2 is 2.19 bits per heavy atom. The Labute approximate surface area is 94.8 Å². The average Bonchev–Trinajstić information content (AvgIpc) is 2.71. The molecule has 0 saturated heterocycles. The van der Waals surface area contributed by atoms with Gasteiger partial charge in [-0.3, -0.25) is 4.40 Å². The van der Waals surface area contributed by atoms with Crippen LogP contribution in [0.3, 0.4) is 0 Å². The Balaban J connectivity index is 2.22. The molecule has 0 radical (unpaired) electrons. The fraction of sp³-hybridized carbons (Fsp3) is 0.417. The lowest BCUT2D eigenvalue weighted by Crippen LogP contribution is -1.92. The molecule has 0 fully saturated rings. The van der Waals surface area contributed by atoms with Gasteiger partial charge in [-0.2, -0.15) is 0 Å². The molecule has 0 aliphatic carbocycles. The van der Waals surface area contributed by atoms with Crippen LogP contribution in [0.4, 0.5) is 0 Å². The molecule has 0 N–H and O–H groups in total. The number of rotatable bonds is 5. The molecule has 0 aliphatic rings. The van der Waals surface area contributed by atoms with Gasteiger partial charge in [-0.1, -0.05) is 6.07 Å². The molecule has 4 nitrogen and oxygen atoms in total. The zero-order valence-electron chi connectivity index (χ0n) is 9.64. The highest BCUT2D eigenvalue weighted by Crippen LogP contribution is 2.15. The lowest BCUT2D eigenvalue weighted by molar-refractivity contribution is 0.195. The van der Waals surface area contributed by atoms with E-state index in [1.807, 2.05) is 28.8 Å². The molecule has 2 aromatic heterocycles. The van der Waals surface area contributed by atoms with Gasteiger partial charge in [-0.05, 0) is 25.0 Å². The Kier molecular flexibility index (Phi) is 3.41. The summed E-state index contributed by atoms with van der Waals surface area (Å²) in [5.41, 5.74) is 1.99.